The fourth-order valence-corrected chi connectivity index (χ4v) is 6.23. The number of carbonyl (C=O) groups is 1. The largest absolute Gasteiger partial charge is 0.502 e. The summed E-state index contributed by atoms with van der Waals surface area (Å²) in [7, 11) is 0. The third-order valence-electron chi connectivity index (χ3n) is 7.22. The van der Waals surface area contributed by atoms with Crippen LogP contribution < -0.4 is 10.4 Å². The molecule has 0 radical (unpaired) electrons. The molecule has 190 valence electrons. The molecule has 4 heterocycles. The summed E-state index contributed by atoms with van der Waals surface area (Å²) in [5.41, 5.74) is 1.53. The van der Waals surface area contributed by atoms with Gasteiger partial charge in [0.2, 0.25) is 5.43 Å². The van der Waals surface area contributed by atoms with E-state index in [1.54, 1.807) is 9.58 Å². The van der Waals surface area contributed by atoms with E-state index in [1.165, 1.54) is 18.3 Å². The van der Waals surface area contributed by atoms with Crippen LogP contribution in [0, 0.1) is 17.6 Å². The predicted molar refractivity (Wildman–Crippen MR) is 134 cm³/mol. The first-order valence-electron chi connectivity index (χ1n) is 12.0. The normalized spacial score (nSPS) is 18.8. The molecule has 8 nitrogen and oxygen atoms in total. The summed E-state index contributed by atoms with van der Waals surface area (Å²) in [6.45, 7) is 7.08. The lowest BCUT2D eigenvalue weighted by Crippen LogP contribution is -2.56. The van der Waals surface area contributed by atoms with Crippen molar-refractivity contribution < 1.29 is 18.7 Å². The Morgan fingerprint density at radius 2 is 2.05 bits per heavy atom. The van der Waals surface area contributed by atoms with Crippen LogP contribution in [0.4, 0.5) is 8.78 Å². The highest BCUT2D eigenvalue weighted by molar-refractivity contribution is 7.14. The minimum absolute atomic E-state index is 0.0676. The van der Waals surface area contributed by atoms with Gasteiger partial charge in [0.25, 0.3) is 5.91 Å². The van der Waals surface area contributed by atoms with E-state index in [2.05, 4.69) is 16.8 Å². The smallest absolute Gasteiger partial charge is 0.282 e. The van der Waals surface area contributed by atoms with Gasteiger partial charge in [-0.2, -0.15) is 0 Å². The summed E-state index contributed by atoms with van der Waals surface area (Å²) >= 11 is 1.07. The van der Waals surface area contributed by atoms with Crippen molar-refractivity contribution >= 4 is 17.2 Å². The van der Waals surface area contributed by atoms with Gasteiger partial charge in [0, 0.05) is 31.8 Å². The van der Waals surface area contributed by atoms with Crippen molar-refractivity contribution in [3.8, 4) is 16.3 Å². The van der Waals surface area contributed by atoms with Gasteiger partial charge in [-0.05, 0) is 54.9 Å². The quantitative estimate of drug-likeness (QED) is 0.557. The van der Waals surface area contributed by atoms with Crippen molar-refractivity contribution in [3.05, 3.63) is 86.1 Å². The molecule has 1 fully saturated rings. The molecular weight excluding hydrogens is 500 g/mol. The number of pyridine rings is 1. The highest BCUT2D eigenvalue weighted by atomic mass is 32.1. The van der Waals surface area contributed by atoms with Crippen molar-refractivity contribution in [2.45, 2.75) is 32.6 Å². The maximum absolute atomic E-state index is 14.1. The SMILES string of the molecule is C=C1CC[C@H]2CC1=C1N(CC)C(=O)c3c(O)c(=O)c(-c4nnc(Cc5ccc(F)cc5F)s4)cn3N1C2. The van der Waals surface area contributed by atoms with Crippen LogP contribution in [0.3, 0.4) is 0 Å². The van der Waals surface area contributed by atoms with Gasteiger partial charge in [-0.1, -0.05) is 24.0 Å². The Hall–Kier alpha value is -3.86. The number of amides is 1. The molecule has 0 spiro atoms. The topological polar surface area (TPSA) is 91.6 Å². The third kappa shape index (κ3) is 3.67. The molecule has 1 N–H and O–H groups in total. The van der Waals surface area contributed by atoms with E-state index in [9.17, 15) is 23.5 Å². The molecule has 1 saturated carbocycles. The van der Waals surface area contributed by atoms with Crippen molar-refractivity contribution in [2.75, 3.05) is 18.1 Å². The highest BCUT2D eigenvalue weighted by Crippen LogP contribution is 2.43. The average molecular weight is 524 g/mol. The molecule has 3 aromatic rings. The van der Waals surface area contributed by atoms with Gasteiger partial charge in [0.1, 0.15) is 22.5 Å². The highest BCUT2D eigenvalue weighted by Gasteiger charge is 2.43. The Balaban J connectivity index is 1.46. The van der Waals surface area contributed by atoms with Crippen LogP contribution in [0.5, 0.6) is 5.75 Å². The molecule has 37 heavy (non-hydrogen) atoms. The van der Waals surface area contributed by atoms with Crippen molar-refractivity contribution in [1.29, 1.82) is 0 Å². The number of hydrogen-bond acceptors (Lipinski definition) is 7. The zero-order valence-electron chi connectivity index (χ0n) is 20.0. The lowest BCUT2D eigenvalue weighted by Gasteiger charge is -2.48. The first kappa shape index (κ1) is 23.5. The van der Waals surface area contributed by atoms with E-state index in [0.717, 1.165) is 53.6 Å². The van der Waals surface area contributed by atoms with Gasteiger partial charge in [-0.25, -0.2) is 13.5 Å². The number of allylic oxidation sites excluding steroid dienone is 2. The number of benzene rings is 1. The molecule has 2 bridgehead atoms. The summed E-state index contributed by atoms with van der Waals surface area (Å²) in [6.07, 6.45) is 4.27. The number of fused-ring (bicyclic) bond motifs is 5. The minimum Gasteiger partial charge on any atom is -0.502 e. The average Bonchev–Trinajstić information content (AvgIpc) is 3.34. The monoisotopic (exact) mass is 523 g/mol. The fourth-order valence-electron chi connectivity index (χ4n) is 5.36. The number of halogens is 2. The van der Waals surface area contributed by atoms with Crippen LogP contribution in [0.15, 0.2) is 52.7 Å². The van der Waals surface area contributed by atoms with Crippen LogP contribution >= 0.6 is 11.3 Å². The second-order valence-electron chi connectivity index (χ2n) is 9.47. The number of aromatic nitrogens is 3. The van der Waals surface area contributed by atoms with Gasteiger partial charge in [-0.3, -0.25) is 19.5 Å². The predicted octanol–water partition coefficient (Wildman–Crippen LogP) is 3.94. The van der Waals surface area contributed by atoms with E-state index in [4.69, 9.17) is 0 Å². The summed E-state index contributed by atoms with van der Waals surface area (Å²) in [4.78, 5) is 28.3. The van der Waals surface area contributed by atoms with Crippen LogP contribution in [0.2, 0.25) is 0 Å². The molecular formula is C26H23F2N5O3S. The third-order valence-corrected chi connectivity index (χ3v) is 8.17. The summed E-state index contributed by atoms with van der Waals surface area (Å²) in [6, 6.07) is 3.31. The zero-order valence-corrected chi connectivity index (χ0v) is 20.8. The fraction of sp³-hybridized carbons (Fsp3) is 0.308. The molecule has 0 unspecified atom stereocenters. The maximum atomic E-state index is 14.1. The molecule has 11 heteroatoms. The molecule has 1 amide bonds. The molecule has 2 aliphatic heterocycles. The van der Waals surface area contributed by atoms with Gasteiger partial charge in [0.05, 0.1) is 5.56 Å². The molecule has 0 saturated heterocycles. The van der Waals surface area contributed by atoms with Crippen LogP contribution in [-0.2, 0) is 6.42 Å². The zero-order chi connectivity index (χ0) is 26.0. The Labute approximate surface area is 214 Å². The number of carbonyl (C=O) groups excluding carboxylic acids is 1. The minimum atomic E-state index is -0.732. The molecule has 2 aromatic heterocycles. The second-order valence-corrected chi connectivity index (χ2v) is 10.5. The van der Waals surface area contributed by atoms with E-state index < -0.39 is 28.7 Å². The van der Waals surface area contributed by atoms with E-state index >= 15 is 0 Å². The summed E-state index contributed by atoms with van der Waals surface area (Å²) in [5.74, 6) is -1.38. The second kappa shape index (κ2) is 8.62. The van der Waals surface area contributed by atoms with Crippen LogP contribution in [0.1, 0.15) is 47.2 Å². The van der Waals surface area contributed by atoms with Crippen LogP contribution in [0.25, 0.3) is 10.6 Å². The van der Waals surface area contributed by atoms with E-state index in [1.807, 2.05) is 11.9 Å². The van der Waals surface area contributed by atoms with E-state index in [-0.39, 0.29) is 28.2 Å². The number of rotatable bonds is 4. The molecule has 1 aliphatic carbocycles. The first-order chi connectivity index (χ1) is 17.8. The molecule has 1 atom stereocenters. The van der Waals surface area contributed by atoms with Gasteiger partial charge >= 0.3 is 0 Å². The summed E-state index contributed by atoms with van der Waals surface area (Å²) < 4.78 is 28.9. The van der Waals surface area contributed by atoms with Crippen molar-refractivity contribution in [1.82, 2.24) is 19.8 Å². The number of nitrogens with zero attached hydrogens (tertiary/aromatic N) is 5. The van der Waals surface area contributed by atoms with Crippen molar-refractivity contribution in [3.63, 3.8) is 0 Å². The molecule has 6 rings (SSSR count). The van der Waals surface area contributed by atoms with Gasteiger partial charge in [0.15, 0.2) is 16.5 Å². The van der Waals surface area contributed by atoms with Gasteiger partial charge in [-0.15, -0.1) is 10.2 Å². The Bertz CT molecular complexity index is 1580. The standard InChI is InChI=1S/C26H23F2N5O3S/c1-3-31-25-17-8-14(5-4-13(17)2)11-33(25)32-12-18(22(34)23(35)21(32)26(31)36)24-30-29-20(37-24)9-15-6-7-16(27)10-19(15)28/h6-7,10,12,14,35H,2-5,8-9,11H2,1H3/t14-/m0/s1. The number of aromatic hydroxyl groups is 1. The number of hydrogen-bond donors (Lipinski definition) is 1. The lowest BCUT2D eigenvalue weighted by molar-refractivity contribution is 0.0748. The van der Waals surface area contributed by atoms with Gasteiger partial charge < -0.3 is 5.11 Å². The summed E-state index contributed by atoms with van der Waals surface area (Å²) in [5, 5.41) is 21.7. The maximum Gasteiger partial charge on any atom is 0.282 e. The van der Waals surface area contributed by atoms with Crippen LogP contribution in [-0.4, -0.2) is 43.9 Å². The molecule has 3 aliphatic rings. The Morgan fingerprint density at radius 1 is 1.24 bits per heavy atom. The molecule has 1 aromatic carbocycles. The Morgan fingerprint density at radius 3 is 2.81 bits per heavy atom. The Kier molecular flexibility index (Phi) is 5.48. The van der Waals surface area contributed by atoms with Crippen molar-refractivity contribution in [2.24, 2.45) is 5.92 Å². The van der Waals surface area contributed by atoms with E-state index in [0.29, 0.717) is 24.0 Å². The first-order valence-corrected chi connectivity index (χ1v) is 12.8. The lowest BCUT2D eigenvalue weighted by atomic mass is 9.79.